The first-order valence-corrected chi connectivity index (χ1v) is 11.0. The predicted molar refractivity (Wildman–Crippen MR) is 106 cm³/mol. The SMILES string of the molecule is CCS(=O)(=O)c1ccc(Nc2cc(C(F)(F)F)ccn2)c(-c2cn(C3CC3)cn2)c1. The van der Waals surface area contributed by atoms with E-state index in [-0.39, 0.29) is 16.5 Å². The highest BCUT2D eigenvalue weighted by Crippen LogP contribution is 2.38. The molecular weight excluding hydrogens is 417 g/mol. The average molecular weight is 436 g/mol. The minimum Gasteiger partial charge on any atom is -0.340 e. The van der Waals surface area contributed by atoms with E-state index in [0.29, 0.717) is 23.0 Å². The molecule has 1 saturated carbocycles. The summed E-state index contributed by atoms with van der Waals surface area (Å²) in [6, 6.07) is 6.62. The molecule has 3 aromatic rings. The molecule has 0 aliphatic heterocycles. The van der Waals surface area contributed by atoms with Crippen molar-refractivity contribution in [2.24, 2.45) is 0 Å². The molecule has 0 bridgehead atoms. The number of hydrogen-bond acceptors (Lipinski definition) is 5. The molecule has 1 N–H and O–H groups in total. The van der Waals surface area contributed by atoms with Crippen LogP contribution in [0.3, 0.4) is 0 Å². The maximum Gasteiger partial charge on any atom is 0.416 e. The third-order valence-corrected chi connectivity index (χ3v) is 6.66. The first-order chi connectivity index (χ1) is 14.2. The minimum absolute atomic E-state index is 0.00111. The highest BCUT2D eigenvalue weighted by Gasteiger charge is 2.31. The van der Waals surface area contributed by atoms with Gasteiger partial charge in [0.15, 0.2) is 9.84 Å². The molecule has 0 spiro atoms. The third kappa shape index (κ3) is 4.18. The fourth-order valence-corrected chi connectivity index (χ4v) is 3.97. The maximum atomic E-state index is 13.0. The Morgan fingerprint density at radius 1 is 1.17 bits per heavy atom. The number of rotatable bonds is 6. The van der Waals surface area contributed by atoms with E-state index in [1.165, 1.54) is 18.2 Å². The lowest BCUT2D eigenvalue weighted by Crippen LogP contribution is -2.07. The molecule has 158 valence electrons. The zero-order valence-electron chi connectivity index (χ0n) is 16.0. The van der Waals surface area contributed by atoms with Crippen LogP contribution in [0.15, 0.2) is 53.9 Å². The van der Waals surface area contributed by atoms with Gasteiger partial charge in [0.05, 0.1) is 28.2 Å². The van der Waals surface area contributed by atoms with Gasteiger partial charge in [-0.3, -0.25) is 0 Å². The van der Waals surface area contributed by atoms with Crippen molar-refractivity contribution in [1.82, 2.24) is 14.5 Å². The van der Waals surface area contributed by atoms with Gasteiger partial charge in [-0.05, 0) is 43.2 Å². The number of halogens is 3. The summed E-state index contributed by atoms with van der Waals surface area (Å²) >= 11 is 0. The molecule has 1 aliphatic rings. The van der Waals surface area contributed by atoms with Gasteiger partial charge in [-0.25, -0.2) is 18.4 Å². The summed E-state index contributed by atoms with van der Waals surface area (Å²) < 4.78 is 65.7. The molecule has 0 amide bonds. The molecule has 6 nitrogen and oxygen atoms in total. The van der Waals surface area contributed by atoms with Crippen LogP contribution in [-0.4, -0.2) is 28.7 Å². The lowest BCUT2D eigenvalue weighted by atomic mass is 10.1. The van der Waals surface area contributed by atoms with Crippen LogP contribution >= 0.6 is 0 Å². The molecule has 0 unspecified atom stereocenters. The van der Waals surface area contributed by atoms with E-state index >= 15 is 0 Å². The Bertz CT molecular complexity index is 1180. The number of nitrogens with zero attached hydrogens (tertiary/aromatic N) is 3. The molecule has 30 heavy (non-hydrogen) atoms. The van der Waals surface area contributed by atoms with Crippen molar-refractivity contribution < 1.29 is 21.6 Å². The highest BCUT2D eigenvalue weighted by atomic mass is 32.2. The second-order valence-corrected chi connectivity index (χ2v) is 9.38. The van der Waals surface area contributed by atoms with Crippen LogP contribution < -0.4 is 5.32 Å². The van der Waals surface area contributed by atoms with E-state index in [9.17, 15) is 21.6 Å². The smallest absolute Gasteiger partial charge is 0.340 e. The Kier molecular flexibility index (Phi) is 5.05. The van der Waals surface area contributed by atoms with Crippen molar-refractivity contribution in [3.63, 3.8) is 0 Å². The third-order valence-electron chi connectivity index (χ3n) is 4.93. The van der Waals surface area contributed by atoms with Gasteiger partial charge >= 0.3 is 6.18 Å². The van der Waals surface area contributed by atoms with Crippen LogP contribution in [0, 0.1) is 0 Å². The fourth-order valence-electron chi connectivity index (χ4n) is 3.07. The lowest BCUT2D eigenvalue weighted by molar-refractivity contribution is -0.137. The maximum absolute atomic E-state index is 13.0. The van der Waals surface area contributed by atoms with Gasteiger partial charge in [0.2, 0.25) is 0 Å². The number of alkyl halides is 3. The number of imidazole rings is 1. The molecule has 0 saturated heterocycles. The first kappa shape index (κ1) is 20.4. The number of sulfone groups is 1. The Morgan fingerprint density at radius 2 is 1.93 bits per heavy atom. The fraction of sp³-hybridized carbons (Fsp3) is 0.300. The second kappa shape index (κ2) is 7.42. The van der Waals surface area contributed by atoms with Gasteiger partial charge in [0.25, 0.3) is 0 Å². The molecule has 0 atom stereocenters. The molecule has 2 aromatic heterocycles. The average Bonchev–Trinajstić information content (AvgIpc) is 3.45. The summed E-state index contributed by atoms with van der Waals surface area (Å²) in [5, 5.41) is 2.88. The van der Waals surface area contributed by atoms with E-state index in [1.54, 1.807) is 13.3 Å². The van der Waals surface area contributed by atoms with E-state index in [1.807, 2.05) is 10.8 Å². The van der Waals surface area contributed by atoms with Crippen molar-refractivity contribution in [1.29, 1.82) is 0 Å². The van der Waals surface area contributed by atoms with Crippen molar-refractivity contribution in [2.45, 2.75) is 36.9 Å². The van der Waals surface area contributed by atoms with Crippen LogP contribution in [0.4, 0.5) is 24.7 Å². The second-order valence-electron chi connectivity index (χ2n) is 7.10. The largest absolute Gasteiger partial charge is 0.416 e. The van der Waals surface area contributed by atoms with Gasteiger partial charge < -0.3 is 9.88 Å². The molecule has 1 aromatic carbocycles. The van der Waals surface area contributed by atoms with Crippen LogP contribution in [0.5, 0.6) is 0 Å². The van der Waals surface area contributed by atoms with Gasteiger partial charge in [0, 0.05) is 29.7 Å². The molecule has 1 fully saturated rings. The molecule has 10 heteroatoms. The molecular formula is C20H19F3N4O2S. The molecule has 0 radical (unpaired) electrons. The Morgan fingerprint density at radius 3 is 2.60 bits per heavy atom. The van der Waals surface area contributed by atoms with E-state index in [0.717, 1.165) is 31.2 Å². The zero-order valence-corrected chi connectivity index (χ0v) is 16.8. The van der Waals surface area contributed by atoms with Crippen molar-refractivity contribution >= 4 is 21.3 Å². The topological polar surface area (TPSA) is 76.9 Å². The van der Waals surface area contributed by atoms with Crippen molar-refractivity contribution in [2.75, 3.05) is 11.1 Å². The molecule has 1 aliphatic carbocycles. The highest BCUT2D eigenvalue weighted by molar-refractivity contribution is 7.91. The van der Waals surface area contributed by atoms with Gasteiger partial charge in [-0.15, -0.1) is 0 Å². The van der Waals surface area contributed by atoms with Crippen molar-refractivity contribution in [3.8, 4) is 11.3 Å². The summed E-state index contributed by atoms with van der Waals surface area (Å²) in [5.74, 6) is -0.0657. The van der Waals surface area contributed by atoms with Crippen LogP contribution in [0.1, 0.15) is 31.4 Å². The van der Waals surface area contributed by atoms with E-state index < -0.39 is 21.6 Å². The van der Waals surface area contributed by atoms with Crippen LogP contribution in [0.2, 0.25) is 0 Å². The van der Waals surface area contributed by atoms with Gasteiger partial charge in [0.1, 0.15) is 5.82 Å². The predicted octanol–water partition coefficient (Wildman–Crippen LogP) is 4.84. The summed E-state index contributed by atoms with van der Waals surface area (Å²) in [5.41, 5.74) is 0.593. The summed E-state index contributed by atoms with van der Waals surface area (Å²) in [7, 11) is -3.47. The Balaban J connectivity index is 1.77. The minimum atomic E-state index is -4.50. The standard InChI is InChI=1S/C20H19F3N4O2S/c1-2-30(28,29)15-5-6-17(26-19-9-13(7-8-24-19)20(21,22)23)16(10-15)18-11-27(12-25-18)14-3-4-14/h5-12,14H,2-4H2,1H3,(H,24,26). The Hall–Kier alpha value is -2.88. The van der Waals surface area contributed by atoms with Gasteiger partial charge in [-0.1, -0.05) is 6.92 Å². The first-order valence-electron chi connectivity index (χ1n) is 9.38. The lowest BCUT2D eigenvalue weighted by Gasteiger charge is -2.14. The number of nitrogens with one attached hydrogen (secondary N) is 1. The number of pyridine rings is 1. The normalized spacial score (nSPS) is 14.7. The quantitative estimate of drug-likeness (QED) is 0.599. The summed E-state index contributed by atoms with van der Waals surface area (Å²) in [6.07, 6.45) is 2.19. The molecule has 4 rings (SSSR count). The number of aromatic nitrogens is 3. The number of hydrogen-bond donors (Lipinski definition) is 1. The summed E-state index contributed by atoms with van der Waals surface area (Å²) in [6.45, 7) is 1.55. The van der Waals surface area contributed by atoms with Gasteiger partial charge in [-0.2, -0.15) is 13.2 Å². The molecule has 2 heterocycles. The van der Waals surface area contributed by atoms with Crippen LogP contribution in [-0.2, 0) is 16.0 Å². The zero-order chi connectivity index (χ0) is 21.5. The van der Waals surface area contributed by atoms with E-state index in [2.05, 4.69) is 15.3 Å². The van der Waals surface area contributed by atoms with Crippen molar-refractivity contribution in [3.05, 3.63) is 54.6 Å². The number of anilines is 2. The number of benzene rings is 1. The monoisotopic (exact) mass is 436 g/mol. The summed E-state index contributed by atoms with van der Waals surface area (Å²) in [4.78, 5) is 8.47. The van der Waals surface area contributed by atoms with Crippen LogP contribution in [0.25, 0.3) is 11.3 Å². The Labute approximate surface area is 171 Å². The van der Waals surface area contributed by atoms with E-state index in [4.69, 9.17) is 0 Å².